The summed E-state index contributed by atoms with van der Waals surface area (Å²) in [5, 5.41) is 7.59. The Morgan fingerprint density at radius 3 is 1.83 bits per heavy atom. The zero-order valence-corrected chi connectivity index (χ0v) is 3.23. The molecule has 2 N–H and O–H groups in total. The molecule has 0 heterocycles. The molecule has 0 aliphatic rings. The summed E-state index contributed by atoms with van der Waals surface area (Å²) in [7, 11) is 0. The molecule has 0 amide bonds. The van der Waals surface area contributed by atoms with Crippen molar-refractivity contribution < 1.29 is 13.9 Å². The summed E-state index contributed by atoms with van der Waals surface area (Å²) in [6.07, 6.45) is 0. The Bertz CT molecular complexity index is 46.1. The van der Waals surface area contributed by atoms with Crippen LogP contribution < -0.4 is 0 Å². The molecule has 0 aliphatic heterocycles. The quantitative estimate of drug-likeness (QED) is 0.327. The van der Waals surface area contributed by atoms with Crippen LogP contribution in [-0.4, -0.2) is 49.4 Å². The van der Waals surface area contributed by atoms with Gasteiger partial charge in [0.2, 0.25) is 0 Å². The van der Waals surface area contributed by atoms with Crippen LogP contribution in [0.25, 0.3) is 0 Å². The van der Waals surface area contributed by atoms with Crippen molar-refractivity contribution in [3.63, 3.8) is 0 Å². The van der Waals surface area contributed by atoms with Gasteiger partial charge >= 0.3 is 29.6 Å². The van der Waals surface area contributed by atoms with E-state index in [1.807, 2.05) is 0 Å². The normalized spacial score (nSPS) is 12.3. The van der Waals surface area contributed by atoms with Crippen LogP contribution in [0.5, 0.6) is 0 Å². The Morgan fingerprint density at radius 2 is 1.83 bits per heavy atom. The van der Waals surface area contributed by atoms with Gasteiger partial charge in [-0.05, 0) is 0 Å². The first kappa shape index (κ1) is 10.1. The molecule has 0 radical (unpaired) electrons. The molecule has 5 heteroatoms. The molecule has 0 rings (SSSR count). The van der Waals surface area contributed by atoms with Crippen LogP contribution in [0.15, 0.2) is 0 Å². The average molecular weight is 120 g/mol. The van der Waals surface area contributed by atoms with Gasteiger partial charge in [0, 0.05) is 0 Å². The van der Waals surface area contributed by atoms with Crippen LogP contribution in [0, 0.1) is 0 Å². The molecule has 6 heavy (non-hydrogen) atoms. The molecule has 0 aromatic carbocycles. The summed E-state index contributed by atoms with van der Waals surface area (Å²) < 4.78 is 16.8. The minimum atomic E-state index is -2.02. The summed E-state index contributed by atoms with van der Waals surface area (Å²) in [6, 6.07) is 0. The third-order valence-corrected chi connectivity index (χ3v) is 0.331. The first-order valence-electron chi connectivity index (χ1n) is 0.954. The third kappa shape index (κ3) is 8.91. The van der Waals surface area contributed by atoms with Gasteiger partial charge in [-0.2, -0.15) is 0 Å². The summed E-state index contributed by atoms with van der Waals surface area (Å²) in [5.41, 5.74) is 0. The Hall–Kier alpha value is 1.07. The molecule has 0 bridgehead atoms. The summed E-state index contributed by atoms with van der Waals surface area (Å²) in [4.78, 5) is 0. The second-order valence-electron chi connectivity index (χ2n) is 0.451. The van der Waals surface area contributed by atoms with E-state index in [0.29, 0.717) is 0 Å². The molecule has 1 unspecified atom stereocenters. The van der Waals surface area contributed by atoms with Gasteiger partial charge in [0.05, 0.1) is 0 Å². The van der Waals surface area contributed by atoms with Crippen LogP contribution >= 0.6 is 0 Å². The average Bonchev–Trinajstić information content (AvgIpc) is 1.38. The zero-order chi connectivity index (χ0) is 4.28. The second-order valence-corrected chi connectivity index (χ2v) is 1.35. The Kier molecular flexibility index (Phi) is 10.3. The van der Waals surface area contributed by atoms with E-state index in [4.69, 9.17) is 9.66 Å². The molecule has 0 saturated heterocycles. The van der Waals surface area contributed by atoms with Gasteiger partial charge in [-0.3, -0.25) is 0 Å². The fourth-order valence-electron chi connectivity index (χ4n) is 0. The van der Waals surface area contributed by atoms with Gasteiger partial charge in [0.1, 0.15) is 5.94 Å². The van der Waals surface area contributed by atoms with E-state index in [1.165, 1.54) is 0 Å². The number of aliphatic hydroxyl groups excluding tert-OH is 1. The van der Waals surface area contributed by atoms with E-state index in [1.54, 1.807) is 0 Å². The van der Waals surface area contributed by atoms with E-state index >= 15 is 0 Å². The molecule has 0 aromatic rings. The molecule has 1 atom stereocenters. The summed E-state index contributed by atoms with van der Waals surface area (Å²) in [6.45, 7) is 0. The number of rotatable bonds is 1. The fraction of sp³-hybridized carbons (Fsp3) is 1.00. The van der Waals surface area contributed by atoms with Crippen molar-refractivity contribution in [2.24, 2.45) is 0 Å². The van der Waals surface area contributed by atoms with Crippen molar-refractivity contribution in [2.75, 3.05) is 5.94 Å². The van der Waals surface area contributed by atoms with Gasteiger partial charge in [-0.1, -0.05) is 0 Å². The van der Waals surface area contributed by atoms with Crippen LogP contribution in [-0.2, 0) is 11.1 Å². The maximum atomic E-state index is 9.23. The first-order valence-corrected chi connectivity index (χ1v) is 2.23. The van der Waals surface area contributed by atoms with Crippen LogP contribution in [0.2, 0.25) is 0 Å². The van der Waals surface area contributed by atoms with E-state index in [9.17, 15) is 4.21 Å². The topological polar surface area (TPSA) is 57.5 Å². The van der Waals surface area contributed by atoms with E-state index < -0.39 is 17.0 Å². The third-order valence-electron chi connectivity index (χ3n) is 0.110. The molecular formula is CH5NaO3S. The van der Waals surface area contributed by atoms with Crippen LogP contribution in [0.1, 0.15) is 0 Å². The SMILES string of the molecule is O=S(O)CO.[NaH]. The Morgan fingerprint density at radius 1 is 1.67 bits per heavy atom. The standard InChI is InChI=1S/CH4O3S.Na.H/c2-1-5(3)4;;/h2H,1H2,(H,3,4);;. The maximum absolute atomic E-state index is 9.23. The Balaban J connectivity index is 0. The molecule has 0 spiro atoms. The Labute approximate surface area is 60.3 Å². The minimum absolute atomic E-state index is 0. The summed E-state index contributed by atoms with van der Waals surface area (Å²) >= 11 is -2.02. The molecule has 0 fully saturated rings. The molecular weight excluding hydrogens is 115 g/mol. The molecule has 0 aliphatic carbocycles. The van der Waals surface area contributed by atoms with E-state index in [2.05, 4.69) is 0 Å². The molecule has 34 valence electrons. The molecule has 0 aromatic heterocycles. The first-order chi connectivity index (χ1) is 2.27. The fourth-order valence-corrected chi connectivity index (χ4v) is 0. The van der Waals surface area contributed by atoms with Gasteiger partial charge in [-0.15, -0.1) is 0 Å². The van der Waals surface area contributed by atoms with Gasteiger partial charge in [0.15, 0.2) is 11.1 Å². The molecule has 3 nitrogen and oxygen atoms in total. The van der Waals surface area contributed by atoms with E-state index in [-0.39, 0.29) is 29.6 Å². The number of hydrogen-bond acceptors (Lipinski definition) is 2. The van der Waals surface area contributed by atoms with E-state index in [0.717, 1.165) is 0 Å². The monoisotopic (exact) mass is 120 g/mol. The van der Waals surface area contributed by atoms with Crippen molar-refractivity contribution in [3.8, 4) is 0 Å². The van der Waals surface area contributed by atoms with Crippen molar-refractivity contribution in [2.45, 2.75) is 0 Å². The van der Waals surface area contributed by atoms with Crippen LogP contribution in [0.3, 0.4) is 0 Å². The van der Waals surface area contributed by atoms with Crippen molar-refractivity contribution in [1.82, 2.24) is 0 Å². The zero-order valence-electron chi connectivity index (χ0n) is 2.42. The van der Waals surface area contributed by atoms with Crippen LogP contribution in [0.4, 0.5) is 0 Å². The summed E-state index contributed by atoms with van der Waals surface area (Å²) in [5.74, 6) is -0.667. The molecule has 0 saturated carbocycles. The van der Waals surface area contributed by atoms with Gasteiger partial charge in [0.25, 0.3) is 0 Å². The van der Waals surface area contributed by atoms with Gasteiger partial charge in [-0.25, -0.2) is 4.21 Å². The van der Waals surface area contributed by atoms with Crippen molar-refractivity contribution in [1.29, 1.82) is 0 Å². The second kappa shape index (κ2) is 6.07. The number of aliphatic hydroxyl groups is 1. The number of hydrogen-bond donors (Lipinski definition) is 2. The predicted molar refractivity (Wildman–Crippen MR) is 25.0 cm³/mol. The van der Waals surface area contributed by atoms with Crippen molar-refractivity contribution >= 4 is 40.6 Å². The van der Waals surface area contributed by atoms with Crippen molar-refractivity contribution in [3.05, 3.63) is 0 Å². The predicted octanol–water partition coefficient (Wildman–Crippen LogP) is -1.49. The van der Waals surface area contributed by atoms with Gasteiger partial charge < -0.3 is 9.66 Å².